The number of rotatable bonds is 4. The van der Waals surface area contributed by atoms with Crippen molar-refractivity contribution in [1.82, 2.24) is 19.8 Å². The lowest BCUT2D eigenvalue weighted by atomic mass is 9.93. The Balaban J connectivity index is 1.21. The Morgan fingerprint density at radius 2 is 1.84 bits per heavy atom. The highest BCUT2D eigenvalue weighted by atomic mass is 32.1. The predicted octanol–water partition coefficient (Wildman–Crippen LogP) is 4.10. The Hall–Kier alpha value is -2.35. The van der Waals surface area contributed by atoms with E-state index in [0.717, 1.165) is 47.1 Å². The third-order valence-corrected chi connectivity index (χ3v) is 7.62. The van der Waals surface area contributed by atoms with Gasteiger partial charge in [0.05, 0.1) is 10.4 Å². The second-order valence-corrected chi connectivity index (χ2v) is 9.72. The monoisotopic (exact) mass is 435 g/mol. The second kappa shape index (κ2) is 9.02. The fourth-order valence-electron chi connectivity index (χ4n) is 4.84. The minimum atomic E-state index is 0.0727. The molecule has 162 valence electrons. The number of piperidine rings is 2. The zero-order valence-corrected chi connectivity index (χ0v) is 18.8. The molecule has 31 heavy (non-hydrogen) atoms. The number of aromatic nitrogens is 2. The molecule has 0 unspecified atom stereocenters. The molecular weight excluding hydrogens is 406 g/mol. The number of thiazole rings is 1. The first kappa shape index (κ1) is 20.5. The number of nitrogens with one attached hydrogen (secondary N) is 1. The molecule has 5 rings (SSSR count). The molecule has 2 aromatic heterocycles. The molecule has 3 aromatic rings. The molecule has 0 saturated carbocycles. The van der Waals surface area contributed by atoms with E-state index in [0.29, 0.717) is 11.9 Å². The Bertz CT molecular complexity index is 1040. The van der Waals surface area contributed by atoms with Crippen molar-refractivity contribution in [2.45, 2.75) is 31.7 Å². The fraction of sp³-hybridized carbons (Fsp3) is 0.458. The average molecular weight is 436 g/mol. The molecule has 7 heteroatoms. The van der Waals surface area contributed by atoms with Crippen molar-refractivity contribution >= 4 is 33.8 Å². The van der Waals surface area contributed by atoms with Crippen molar-refractivity contribution in [2.75, 3.05) is 38.5 Å². The first-order chi connectivity index (χ1) is 15.2. The maximum absolute atomic E-state index is 12.9. The molecule has 0 aliphatic carbocycles. The SMILES string of the molecule is CN1CCC(N2CCC(C(=O)Nc3cc4cc(-c5cncs5)ccc4cn3)CC2)CC1. The molecule has 4 heterocycles. The lowest BCUT2D eigenvalue weighted by Crippen LogP contribution is -2.48. The number of pyridine rings is 1. The summed E-state index contributed by atoms with van der Waals surface area (Å²) in [5.41, 5.74) is 2.98. The summed E-state index contributed by atoms with van der Waals surface area (Å²) in [6.07, 6.45) is 8.08. The van der Waals surface area contributed by atoms with Crippen LogP contribution in [0.15, 0.2) is 42.2 Å². The smallest absolute Gasteiger partial charge is 0.228 e. The van der Waals surface area contributed by atoms with Gasteiger partial charge >= 0.3 is 0 Å². The fourth-order valence-corrected chi connectivity index (χ4v) is 5.46. The maximum Gasteiger partial charge on any atom is 0.228 e. The number of benzene rings is 1. The summed E-state index contributed by atoms with van der Waals surface area (Å²) in [5, 5.41) is 5.22. The Morgan fingerprint density at radius 1 is 1.03 bits per heavy atom. The highest BCUT2D eigenvalue weighted by Crippen LogP contribution is 2.28. The molecule has 2 saturated heterocycles. The minimum Gasteiger partial charge on any atom is -0.310 e. The Morgan fingerprint density at radius 3 is 2.58 bits per heavy atom. The van der Waals surface area contributed by atoms with E-state index >= 15 is 0 Å². The van der Waals surface area contributed by atoms with Gasteiger partial charge in [0, 0.05) is 29.7 Å². The van der Waals surface area contributed by atoms with Gasteiger partial charge in [-0.2, -0.15) is 0 Å². The lowest BCUT2D eigenvalue weighted by Gasteiger charge is -2.40. The van der Waals surface area contributed by atoms with E-state index in [9.17, 15) is 4.79 Å². The number of fused-ring (bicyclic) bond motifs is 1. The minimum absolute atomic E-state index is 0.0727. The zero-order chi connectivity index (χ0) is 21.2. The first-order valence-corrected chi connectivity index (χ1v) is 12.1. The molecule has 0 atom stereocenters. The number of nitrogens with zero attached hydrogens (tertiary/aromatic N) is 4. The van der Waals surface area contributed by atoms with E-state index in [-0.39, 0.29) is 11.8 Å². The molecule has 2 aliphatic heterocycles. The summed E-state index contributed by atoms with van der Waals surface area (Å²) in [6, 6.07) is 8.97. The number of carbonyl (C=O) groups excluding carboxylic acids is 1. The van der Waals surface area contributed by atoms with Crippen LogP contribution in [0.25, 0.3) is 21.2 Å². The van der Waals surface area contributed by atoms with E-state index in [1.807, 2.05) is 24.0 Å². The van der Waals surface area contributed by atoms with Crippen LogP contribution in [0.4, 0.5) is 5.82 Å². The van der Waals surface area contributed by atoms with Crippen molar-refractivity contribution in [3.63, 3.8) is 0 Å². The number of amides is 1. The van der Waals surface area contributed by atoms with Crippen LogP contribution in [0.5, 0.6) is 0 Å². The normalized spacial score (nSPS) is 19.6. The lowest BCUT2D eigenvalue weighted by molar-refractivity contribution is -0.121. The van der Waals surface area contributed by atoms with E-state index in [2.05, 4.69) is 50.3 Å². The zero-order valence-electron chi connectivity index (χ0n) is 18.0. The Kier molecular flexibility index (Phi) is 5.98. The number of likely N-dealkylation sites (tertiary alicyclic amines) is 2. The first-order valence-electron chi connectivity index (χ1n) is 11.2. The molecule has 1 aromatic carbocycles. The van der Waals surface area contributed by atoms with Crippen LogP contribution >= 0.6 is 11.3 Å². The van der Waals surface area contributed by atoms with Crippen LogP contribution in [0.3, 0.4) is 0 Å². The van der Waals surface area contributed by atoms with E-state index in [4.69, 9.17) is 0 Å². The highest BCUT2D eigenvalue weighted by Gasteiger charge is 2.30. The second-order valence-electron chi connectivity index (χ2n) is 8.83. The summed E-state index contributed by atoms with van der Waals surface area (Å²) in [5.74, 6) is 0.814. The van der Waals surface area contributed by atoms with Gasteiger partial charge in [-0.3, -0.25) is 9.78 Å². The third kappa shape index (κ3) is 4.63. The van der Waals surface area contributed by atoms with E-state index in [1.54, 1.807) is 11.3 Å². The van der Waals surface area contributed by atoms with E-state index < -0.39 is 0 Å². The number of anilines is 1. The summed E-state index contributed by atoms with van der Waals surface area (Å²) >= 11 is 1.63. The standard InChI is InChI=1S/C24H29N5OS/c1-28-8-6-21(7-9-28)29-10-4-17(5-11-29)24(30)27-23-13-20-12-18(22-15-25-16-31-22)2-3-19(20)14-26-23/h2-3,12-17,21H,4-11H2,1H3,(H,26,27,30). The largest absolute Gasteiger partial charge is 0.310 e. The van der Waals surface area contributed by atoms with Gasteiger partial charge in [0.25, 0.3) is 0 Å². The molecule has 0 bridgehead atoms. The summed E-state index contributed by atoms with van der Waals surface area (Å²) in [4.78, 5) is 27.7. The summed E-state index contributed by atoms with van der Waals surface area (Å²) in [7, 11) is 2.20. The van der Waals surface area contributed by atoms with Crippen molar-refractivity contribution in [2.24, 2.45) is 5.92 Å². The van der Waals surface area contributed by atoms with Gasteiger partial charge in [-0.15, -0.1) is 11.3 Å². The number of hydrogen-bond acceptors (Lipinski definition) is 6. The van der Waals surface area contributed by atoms with Gasteiger partial charge < -0.3 is 15.1 Å². The van der Waals surface area contributed by atoms with Crippen LogP contribution in [0.1, 0.15) is 25.7 Å². The van der Waals surface area contributed by atoms with Crippen molar-refractivity contribution < 1.29 is 4.79 Å². The molecule has 1 amide bonds. The average Bonchev–Trinajstić information content (AvgIpc) is 3.34. The van der Waals surface area contributed by atoms with Crippen LogP contribution < -0.4 is 5.32 Å². The van der Waals surface area contributed by atoms with Gasteiger partial charge in [-0.05, 0) is 82.0 Å². The van der Waals surface area contributed by atoms with Gasteiger partial charge in [0.15, 0.2) is 0 Å². The Labute approximate surface area is 187 Å². The molecule has 6 nitrogen and oxygen atoms in total. The molecule has 2 aliphatic rings. The van der Waals surface area contributed by atoms with Crippen molar-refractivity contribution in [3.8, 4) is 10.4 Å². The molecule has 0 radical (unpaired) electrons. The number of carbonyl (C=O) groups is 1. The molecule has 2 fully saturated rings. The predicted molar refractivity (Wildman–Crippen MR) is 126 cm³/mol. The number of hydrogen-bond donors (Lipinski definition) is 1. The van der Waals surface area contributed by atoms with E-state index in [1.165, 1.54) is 25.9 Å². The van der Waals surface area contributed by atoms with Crippen LogP contribution in [0, 0.1) is 5.92 Å². The van der Waals surface area contributed by atoms with Crippen LogP contribution in [-0.2, 0) is 4.79 Å². The van der Waals surface area contributed by atoms with Gasteiger partial charge in [0.2, 0.25) is 5.91 Å². The van der Waals surface area contributed by atoms with Crippen molar-refractivity contribution in [1.29, 1.82) is 0 Å². The summed E-state index contributed by atoms with van der Waals surface area (Å²) < 4.78 is 0. The quantitative estimate of drug-likeness (QED) is 0.668. The molecular formula is C24H29N5OS. The maximum atomic E-state index is 12.9. The van der Waals surface area contributed by atoms with Crippen molar-refractivity contribution in [3.05, 3.63) is 42.2 Å². The van der Waals surface area contributed by atoms with Crippen LogP contribution in [-0.4, -0.2) is 64.9 Å². The molecule has 0 spiro atoms. The topological polar surface area (TPSA) is 61.4 Å². The third-order valence-electron chi connectivity index (χ3n) is 6.79. The molecule has 1 N–H and O–H groups in total. The van der Waals surface area contributed by atoms with Crippen LogP contribution in [0.2, 0.25) is 0 Å². The van der Waals surface area contributed by atoms with Gasteiger partial charge in [-0.1, -0.05) is 12.1 Å². The highest BCUT2D eigenvalue weighted by molar-refractivity contribution is 7.13. The van der Waals surface area contributed by atoms with Gasteiger partial charge in [-0.25, -0.2) is 4.98 Å². The van der Waals surface area contributed by atoms with Gasteiger partial charge in [0.1, 0.15) is 5.82 Å². The summed E-state index contributed by atoms with van der Waals surface area (Å²) in [6.45, 7) is 4.42.